The molecule has 0 bridgehead atoms. The molecule has 1 aliphatic heterocycles. The van der Waals surface area contributed by atoms with Crippen LogP contribution in [0.4, 0.5) is 0 Å². The maximum absolute atomic E-state index is 11.9. The van der Waals surface area contributed by atoms with Crippen molar-refractivity contribution in [3.05, 3.63) is 34.3 Å². The Bertz CT molecular complexity index is 470. The molecule has 0 unspecified atom stereocenters. The molecule has 1 saturated heterocycles. The van der Waals surface area contributed by atoms with Gasteiger partial charge in [-0.3, -0.25) is 4.79 Å². The number of hydrogen-bond acceptors (Lipinski definition) is 2. The van der Waals surface area contributed by atoms with Gasteiger partial charge in [0.05, 0.1) is 12.1 Å². The minimum Gasteiger partial charge on any atom is -0.376 e. The Kier molecular flexibility index (Phi) is 5.44. The van der Waals surface area contributed by atoms with Crippen molar-refractivity contribution in [2.45, 2.75) is 51.7 Å². The topological polar surface area (TPSA) is 38.3 Å². The standard InChI is InChI=1S/C16H22ClNO2/c1-11-5-6-13(10-14(11)17)7-8-16(19)18-12(2)15-4-3-9-20-15/h5-6,10,12,15H,3-4,7-9H2,1-2H3,(H,18,19)/t12-,15+/m0/s1. The first-order chi connectivity index (χ1) is 9.56. The first-order valence-corrected chi connectivity index (χ1v) is 7.60. The van der Waals surface area contributed by atoms with E-state index in [9.17, 15) is 4.79 Å². The molecule has 2 rings (SSSR count). The molecule has 1 aromatic carbocycles. The van der Waals surface area contributed by atoms with Gasteiger partial charge in [0.2, 0.25) is 5.91 Å². The number of aryl methyl sites for hydroxylation is 2. The summed E-state index contributed by atoms with van der Waals surface area (Å²) in [7, 11) is 0. The Morgan fingerprint density at radius 2 is 2.35 bits per heavy atom. The van der Waals surface area contributed by atoms with E-state index in [1.165, 1.54) is 0 Å². The number of hydrogen-bond donors (Lipinski definition) is 1. The molecule has 1 aliphatic rings. The van der Waals surface area contributed by atoms with Crippen LogP contribution in [0.1, 0.15) is 37.3 Å². The number of carbonyl (C=O) groups excluding carboxylic acids is 1. The second-order valence-corrected chi connectivity index (χ2v) is 5.90. The molecule has 0 aromatic heterocycles. The summed E-state index contributed by atoms with van der Waals surface area (Å²) in [5.74, 6) is 0.0738. The number of amides is 1. The summed E-state index contributed by atoms with van der Waals surface area (Å²) in [6.45, 7) is 4.80. The molecule has 1 aromatic rings. The van der Waals surface area contributed by atoms with Crippen LogP contribution in [0.5, 0.6) is 0 Å². The van der Waals surface area contributed by atoms with Crippen molar-refractivity contribution >= 4 is 17.5 Å². The largest absolute Gasteiger partial charge is 0.376 e. The molecule has 2 atom stereocenters. The van der Waals surface area contributed by atoms with E-state index in [4.69, 9.17) is 16.3 Å². The van der Waals surface area contributed by atoms with Gasteiger partial charge in [-0.05, 0) is 50.3 Å². The molecular formula is C16H22ClNO2. The van der Waals surface area contributed by atoms with Crippen LogP contribution in [0.25, 0.3) is 0 Å². The van der Waals surface area contributed by atoms with Crippen LogP contribution in [0.2, 0.25) is 5.02 Å². The third kappa shape index (κ3) is 4.22. The van der Waals surface area contributed by atoms with Gasteiger partial charge in [-0.2, -0.15) is 0 Å². The number of halogens is 1. The predicted molar refractivity (Wildman–Crippen MR) is 81.1 cm³/mol. The highest BCUT2D eigenvalue weighted by molar-refractivity contribution is 6.31. The van der Waals surface area contributed by atoms with Gasteiger partial charge < -0.3 is 10.1 Å². The van der Waals surface area contributed by atoms with Crippen LogP contribution < -0.4 is 5.32 Å². The molecular weight excluding hydrogens is 274 g/mol. The number of nitrogens with one attached hydrogen (secondary N) is 1. The van der Waals surface area contributed by atoms with E-state index in [0.717, 1.165) is 35.6 Å². The summed E-state index contributed by atoms with van der Waals surface area (Å²) in [5, 5.41) is 3.78. The molecule has 4 heteroatoms. The number of ether oxygens (including phenoxy) is 1. The lowest BCUT2D eigenvalue weighted by atomic mass is 10.1. The zero-order valence-electron chi connectivity index (χ0n) is 12.1. The van der Waals surface area contributed by atoms with Crippen molar-refractivity contribution in [2.75, 3.05) is 6.61 Å². The first kappa shape index (κ1) is 15.3. The zero-order valence-corrected chi connectivity index (χ0v) is 12.9. The third-order valence-corrected chi connectivity index (χ3v) is 4.20. The summed E-state index contributed by atoms with van der Waals surface area (Å²) in [6, 6.07) is 6.04. The lowest BCUT2D eigenvalue weighted by Crippen LogP contribution is -2.40. The SMILES string of the molecule is Cc1ccc(CCC(=O)N[C@@H](C)[C@H]2CCCO2)cc1Cl. The number of benzene rings is 1. The Labute approximate surface area is 125 Å². The molecule has 1 heterocycles. The van der Waals surface area contributed by atoms with Gasteiger partial charge >= 0.3 is 0 Å². The Balaban J connectivity index is 1.78. The number of rotatable bonds is 5. The van der Waals surface area contributed by atoms with E-state index < -0.39 is 0 Å². The van der Waals surface area contributed by atoms with Gasteiger partial charge in [-0.1, -0.05) is 23.7 Å². The molecule has 1 N–H and O–H groups in total. The summed E-state index contributed by atoms with van der Waals surface area (Å²) in [6.07, 6.45) is 3.50. The predicted octanol–water partition coefficient (Wildman–Crippen LogP) is 3.26. The van der Waals surface area contributed by atoms with Crippen molar-refractivity contribution in [3.8, 4) is 0 Å². The Morgan fingerprint density at radius 1 is 1.55 bits per heavy atom. The second-order valence-electron chi connectivity index (χ2n) is 5.49. The van der Waals surface area contributed by atoms with Crippen molar-refractivity contribution in [3.63, 3.8) is 0 Å². The van der Waals surface area contributed by atoms with Crippen molar-refractivity contribution in [1.82, 2.24) is 5.32 Å². The van der Waals surface area contributed by atoms with Crippen LogP contribution in [-0.2, 0) is 16.0 Å². The van der Waals surface area contributed by atoms with Crippen LogP contribution in [0.3, 0.4) is 0 Å². The van der Waals surface area contributed by atoms with E-state index in [0.29, 0.717) is 12.8 Å². The zero-order chi connectivity index (χ0) is 14.5. The lowest BCUT2D eigenvalue weighted by Gasteiger charge is -2.20. The Morgan fingerprint density at radius 3 is 3.00 bits per heavy atom. The fourth-order valence-corrected chi connectivity index (χ4v) is 2.67. The average Bonchev–Trinajstić information content (AvgIpc) is 2.94. The van der Waals surface area contributed by atoms with Gasteiger partial charge in [0.25, 0.3) is 0 Å². The summed E-state index contributed by atoms with van der Waals surface area (Å²) < 4.78 is 5.58. The third-order valence-electron chi connectivity index (χ3n) is 3.79. The van der Waals surface area contributed by atoms with E-state index in [-0.39, 0.29) is 18.1 Å². The maximum Gasteiger partial charge on any atom is 0.220 e. The lowest BCUT2D eigenvalue weighted by molar-refractivity contribution is -0.122. The van der Waals surface area contributed by atoms with Gasteiger partial charge in [0, 0.05) is 18.1 Å². The highest BCUT2D eigenvalue weighted by atomic mass is 35.5. The monoisotopic (exact) mass is 295 g/mol. The summed E-state index contributed by atoms with van der Waals surface area (Å²) >= 11 is 6.08. The maximum atomic E-state index is 11.9. The molecule has 0 radical (unpaired) electrons. The van der Waals surface area contributed by atoms with E-state index >= 15 is 0 Å². The van der Waals surface area contributed by atoms with Crippen molar-refractivity contribution in [1.29, 1.82) is 0 Å². The molecule has 1 amide bonds. The van der Waals surface area contributed by atoms with Crippen LogP contribution in [-0.4, -0.2) is 24.7 Å². The molecule has 110 valence electrons. The van der Waals surface area contributed by atoms with Gasteiger partial charge in [-0.25, -0.2) is 0 Å². The Hall–Kier alpha value is -1.06. The number of carbonyl (C=O) groups is 1. The van der Waals surface area contributed by atoms with Crippen LogP contribution in [0, 0.1) is 6.92 Å². The summed E-state index contributed by atoms with van der Waals surface area (Å²) in [5.41, 5.74) is 2.16. The molecule has 0 aliphatic carbocycles. The normalized spacial score (nSPS) is 19.9. The minimum atomic E-state index is 0.0738. The van der Waals surface area contributed by atoms with Crippen LogP contribution >= 0.6 is 11.6 Å². The van der Waals surface area contributed by atoms with Gasteiger partial charge in [-0.15, -0.1) is 0 Å². The molecule has 20 heavy (non-hydrogen) atoms. The van der Waals surface area contributed by atoms with Crippen molar-refractivity contribution in [2.24, 2.45) is 0 Å². The fourth-order valence-electron chi connectivity index (χ4n) is 2.47. The molecule has 0 saturated carbocycles. The van der Waals surface area contributed by atoms with E-state index in [2.05, 4.69) is 5.32 Å². The van der Waals surface area contributed by atoms with Gasteiger partial charge in [0.1, 0.15) is 0 Å². The molecule has 3 nitrogen and oxygen atoms in total. The quantitative estimate of drug-likeness (QED) is 0.905. The van der Waals surface area contributed by atoms with E-state index in [1.54, 1.807) is 0 Å². The van der Waals surface area contributed by atoms with Crippen LogP contribution in [0.15, 0.2) is 18.2 Å². The molecule has 1 fully saturated rings. The fraction of sp³-hybridized carbons (Fsp3) is 0.562. The van der Waals surface area contributed by atoms with Gasteiger partial charge in [0.15, 0.2) is 0 Å². The summed E-state index contributed by atoms with van der Waals surface area (Å²) in [4.78, 5) is 11.9. The average molecular weight is 296 g/mol. The molecule has 0 spiro atoms. The highest BCUT2D eigenvalue weighted by Gasteiger charge is 2.23. The van der Waals surface area contributed by atoms with E-state index in [1.807, 2.05) is 32.0 Å². The first-order valence-electron chi connectivity index (χ1n) is 7.22. The smallest absolute Gasteiger partial charge is 0.220 e. The highest BCUT2D eigenvalue weighted by Crippen LogP contribution is 2.18. The second kappa shape index (κ2) is 7.09. The van der Waals surface area contributed by atoms with Crippen molar-refractivity contribution < 1.29 is 9.53 Å². The minimum absolute atomic E-state index is 0.0738.